The van der Waals surface area contributed by atoms with Gasteiger partial charge >= 0.3 is 0 Å². The highest BCUT2D eigenvalue weighted by Gasteiger charge is 2.15. The fraction of sp³-hybridized carbons (Fsp3) is 0.294. The van der Waals surface area contributed by atoms with E-state index in [1.54, 1.807) is 45.6 Å². The standard InChI is InChI=1S/C17H20N2O4/c1-11-6-5-7-14(19-11)17(20)18-10-13-15(22-3)8-12(21-2)9-16(13)23-4/h5-9H,10H2,1-4H3,(H,18,20). The number of amides is 1. The van der Waals surface area contributed by atoms with E-state index in [1.807, 2.05) is 13.0 Å². The topological polar surface area (TPSA) is 69.7 Å². The molecule has 2 rings (SSSR count). The van der Waals surface area contributed by atoms with E-state index in [9.17, 15) is 4.79 Å². The number of aromatic nitrogens is 1. The Balaban J connectivity index is 2.21. The Bertz CT molecular complexity index is 676. The van der Waals surface area contributed by atoms with Crippen LogP contribution in [0.25, 0.3) is 0 Å². The van der Waals surface area contributed by atoms with Crippen molar-refractivity contribution in [1.82, 2.24) is 10.3 Å². The first kappa shape index (κ1) is 16.6. The summed E-state index contributed by atoms with van der Waals surface area (Å²) >= 11 is 0. The van der Waals surface area contributed by atoms with Gasteiger partial charge in [-0.3, -0.25) is 4.79 Å². The van der Waals surface area contributed by atoms with Crippen molar-refractivity contribution in [3.8, 4) is 17.2 Å². The summed E-state index contributed by atoms with van der Waals surface area (Å²) in [6, 6.07) is 8.80. The lowest BCUT2D eigenvalue weighted by atomic mass is 10.1. The Morgan fingerprint density at radius 2 is 1.74 bits per heavy atom. The number of ether oxygens (including phenoxy) is 3. The molecule has 1 amide bonds. The molecular formula is C17H20N2O4. The van der Waals surface area contributed by atoms with Crippen LogP contribution < -0.4 is 19.5 Å². The molecule has 0 aliphatic carbocycles. The zero-order chi connectivity index (χ0) is 16.8. The van der Waals surface area contributed by atoms with Crippen LogP contribution in [-0.4, -0.2) is 32.2 Å². The van der Waals surface area contributed by atoms with Gasteiger partial charge in [0, 0.05) is 17.8 Å². The predicted octanol–water partition coefficient (Wildman–Crippen LogP) is 2.35. The van der Waals surface area contributed by atoms with Crippen molar-refractivity contribution in [1.29, 1.82) is 0 Å². The van der Waals surface area contributed by atoms with Gasteiger partial charge in [0.15, 0.2) is 0 Å². The number of carbonyl (C=O) groups is 1. The molecule has 0 bridgehead atoms. The van der Waals surface area contributed by atoms with E-state index in [-0.39, 0.29) is 12.5 Å². The summed E-state index contributed by atoms with van der Waals surface area (Å²) in [5, 5.41) is 2.83. The molecule has 0 saturated carbocycles. The van der Waals surface area contributed by atoms with Gasteiger partial charge in [-0.15, -0.1) is 0 Å². The van der Waals surface area contributed by atoms with Crippen LogP contribution in [0.3, 0.4) is 0 Å². The van der Waals surface area contributed by atoms with Gasteiger partial charge in [-0.2, -0.15) is 0 Å². The highest BCUT2D eigenvalue weighted by molar-refractivity contribution is 5.92. The fourth-order valence-corrected chi connectivity index (χ4v) is 2.18. The van der Waals surface area contributed by atoms with Crippen LogP contribution in [-0.2, 0) is 6.54 Å². The third-order valence-corrected chi connectivity index (χ3v) is 3.36. The van der Waals surface area contributed by atoms with Crippen molar-refractivity contribution in [2.75, 3.05) is 21.3 Å². The van der Waals surface area contributed by atoms with Gasteiger partial charge in [0.2, 0.25) is 0 Å². The zero-order valence-corrected chi connectivity index (χ0v) is 13.7. The molecule has 0 aliphatic heterocycles. The number of aryl methyl sites for hydroxylation is 1. The van der Waals surface area contributed by atoms with Gasteiger partial charge in [-0.05, 0) is 19.1 Å². The maximum Gasteiger partial charge on any atom is 0.270 e. The Morgan fingerprint density at radius 3 is 2.26 bits per heavy atom. The second-order valence-corrected chi connectivity index (χ2v) is 4.86. The summed E-state index contributed by atoms with van der Waals surface area (Å²) in [5.41, 5.74) is 1.89. The molecule has 1 N–H and O–H groups in total. The monoisotopic (exact) mass is 316 g/mol. The van der Waals surface area contributed by atoms with E-state index in [4.69, 9.17) is 14.2 Å². The van der Waals surface area contributed by atoms with Crippen molar-refractivity contribution < 1.29 is 19.0 Å². The lowest BCUT2D eigenvalue weighted by Crippen LogP contribution is -2.24. The van der Waals surface area contributed by atoms with Gasteiger partial charge in [0.05, 0.1) is 33.4 Å². The van der Waals surface area contributed by atoms with Crippen LogP contribution in [0.15, 0.2) is 30.3 Å². The molecule has 0 saturated heterocycles. The molecule has 1 heterocycles. The zero-order valence-electron chi connectivity index (χ0n) is 13.7. The number of nitrogens with one attached hydrogen (secondary N) is 1. The summed E-state index contributed by atoms with van der Waals surface area (Å²) in [5.74, 6) is 1.53. The maximum absolute atomic E-state index is 12.2. The van der Waals surface area contributed by atoms with Crippen molar-refractivity contribution in [2.24, 2.45) is 0 Å². The van der Waals surface area contributed by atoms with E-state index in [0.29, 0.717) is 22.9 Å². The molecule has 0 spiro atoms. The van der Waals surface area contributed by atoms with E-state index < -0.39 is 0 Å². The third-order valence-electron chi connectivity index (χ3n) is 3.36. The minimum atomic E-state index is -0.256. The number of carbonyl (C=O) groups excluding carboxylic acids is 1. The molecule has 23 heavy (non-hydrogen) atoms. The van der Waals surface area contributed by atoms with E-state index in [1.165, 1.54) is 0 Å². The summed E-state index contributed by atoms with van der Waals surface area (Å²) < 4.78 is 15.9. The van der Waals surface area contributed by atoms with Crippen molar-refractivity contribution in [3.05, 3.63) is 47.3 Å². The highest BCUT2D eigenvalue weighted by atomic mass is 16.5. The molecule has 0 unspecified atom stereocenters. The number of pyridine rings is 1. The lowest BCUT2D eigenvalue weighted by Gasteiger charge is -2.15. The van der Waals surface area contributed by atoms with Crippen LogP contribution in [0.1, 0.15) is 21.7 Å². The number of methoxy groups -OCH3 is 3. The fourth-order valence-electron chi connectivity index (χ4n) is 2.18. The normalized spacial score (nSPS) is 10.1. The number of hydrogen-bond donors (Lipinski definition) is 1. The number of benzene rings is 1. The molecule has 6 heteroatoms. The molecule has 0 fully saturated rings. The molecule has 6 nitrogen and oxygen atoms in total. The SMILES string of the molecule is COc1cc(OC)c(CNC(=O)c2cccc(C)n2)c(OC)c1. The minimum Gasteiger partial charge on any atom is -0.496 e. The lowest BCUT2D eigenvalue weighted by molar-refractivity contribution is 0.0945. The van der Waals surface area contributed by atoms with Crippen molar-refractivity contribution in [2.45, 2.75) is 13.5 Å². The van der Waals surface area contributed by atoms with Crippen LogP contribution in [0, 0.1) is 6.92 Å². The van der Waals surface area contributed by atoms with Gasteiger partial charge in [0.25, 0.3) is 5.91 Å². The third kappa shape index (κ3) is 3.91. The molecule has 0 aliphatic rings. The first-order chi connectivity index (χ1) is 11.1. The second-order valence-electron chi connectivity index (χ2n) is 4.86. The second kappa shape index (κ2) is 7.49. The molecule has 1 aromatic carbocycles. The summed E-state index contributed by atoms with van der Waals surface area (Å²) in [6.45, 7) is 2.09. The summed E-state index contributed by atoms with van der Waals surface area (Å²) in [4.78, 5) is 16.4. The van der Waals surface area contributed by atoms with Crippen LogP contribution in [0.2, 0.25) is 0 Å². The first-order valence-corrected chi connectivity index (χ1v) is 7.09. The van der Waals surface area contributed by atoms with Crippen LogP contribution >= 0.6 is 0 Å². The number of rotatable bonds is 6. The van der Waals surface area contributed by atoms with Crippen molar-refractivity contribution in [3.63, 3.8) is 0 Å². The number of hydrogen-bond acceptors (Lipinski definition) is 5. The molecule has 122 valence electrons. The molecule has 0 radical (unpaired) electrons. The Kier molecular flexibility index (Phi) is 5.41. The first-order valence-electron chi connectivity index (χ1n) is 7.09. The number of nitrogens with zero attached hydrogens (tertiary/aromatic N) is 1. The average Bonchev–Trinajstić information content (AvgIpc) is 2.58. The highest BCUT2D eigenvalue weighted by Crippen LogP contribution is 2.33. The minimum absolute atomic E-state index is 0.255. The van der Waals surface area contributed by atoms with Crippen molar-refractivity contribution >= 4 is 5.91 Å². The van der Waals surface area contributed by atoms with E-state index in [0.717, 1.165) is 11.3 Å². The molecule has 1 aromatic heterocycles. The van der Waals surface area contributed by atoms with Gasteiger partial charge in [-0.1, -0.05) is 6.07 Å². The molecule has 0 atom stereocenters. The Labute approximate surface area is 135 Å². The largest absolute Gasteiger partial charge is 0.496 e. The summed E-state index contributed by atoms with van der Waals surface area (Å²) in [7, 11) is 4.68. The summed E-state index contributed by atoms with van der Waals surface area (Å²) in [6.07, 6.45) is 0. The molecule has 2 aromatic rings. The predicted molar refractivity (Wildman–Crippen MR) is 86.2 cm³/mol. The Hall–Kier alpha value is -2.76. The van der Waals surface area contributed by atoms with Gasteiger partial charge in [0.1, 0.15) is 22.9 Å². The quantitative estimate of drug-likeness (QED) is 0.886. The van der Waals surface area contributed by atoms with E-state index >= 15 is 0 Å². The molecular weight excluding hydrogens is 296 g/mol. The average molecular weight is 316 g/mol. The van der Waals surface area contributed by atoms with Crippen LogP contribution in [0.4, 0.5) is 0 Å². The van der Waals surface area contributed by atoms with Gasteiger partial charge < -0.3 is 19.5 Å². The van der Waals surface area contributed by atoms with Gasteiger partial charge in [-0.25, -0.2) is 4.98 Å². The van der Waals surface area contributed by atoms with Crippen LogP contribution in [0.5, 0.6) is 17.2 Å². The smallest absolute Gasteiger partial charge is 0.270 e. The van der Waals surface area contributed by atoms with E-state index in [2.05, 4.69) is 10.3 Å². The maximum atomic E-state index is 12.2. The Morgan fingerprint density at radius 1 is 1.09 bits per heavy atom.